The Morgan fingerprint density at radius 2 is 1.67 bits per heavy atom. The van der Waals surface area contributed by atoms with Gasteiger partial charge in [0.15, 0.2) is 11.6 Å². The van der Waals surface area contributed by atoms with Gasteiger partial charge in [-0.1, -0.05) is 12.1 Å². The summed E-state index contributed by atoms with van der Waals surface area (Å²) in [7, 11) is 0. The molecule has 2 N–H and O–H groups in total. The van der Waals surface area contributed by atoms with Crippen LogP contribution in [0.4, 0.5) is 27.6 Å². The predicted molar refractivity (Wildman–Crippen MR) is 134 cm³/mol. The van der Waals surface area contributed by atoms with Gasteiger partial charge in [-0.3, -0.25) is 4.79 Å². The number of halogens is 5. The van der Waals surface area contributed by atoms with E-state index in [1.54, 1.807) is 29.2 Å². The van der Waals surface area contributed by atoms with Crippen molar-refractivity contribution >= 4 is 11.6 Å². The summed E-state index contributed by atoms with van der Waals surface area (Å²) in [5.74, 6) is -2.07. The number of fused-ring (bicyclic) bond motifs is 1. The lowest BCUT2D eigenvalue weighted by Gasteiger charge is -2.32. The number of rotatable bonds is 10. The van der Waals surface area contributed by atoms with Gasteiger partial charge in [0.2, 0.25) is 5.91 Å². The van der Waals surface area contributed by atoms with Crippen LogP contribution in [0.15, 0.2) is 60.7 Å². The molecule has 0 radical (unpaired) electrons. The number of carbonyl (C=O) groups excluding carboxylic acids is 1. The lowest BCUT2D eigenvalue weighted by molar-refractivity contribution is -0.274. The molecule has 3 aromatic rings. The molecule has 39 heavy (non-hydrogen) atoms. The molecule has 1 atom stereocenters. The molecule has 11 heteroatoms. The summed E-state index contributed by atoms with van der Waals surface area (Å²) in [5.41, 5.74) is 7.96. The maximum absolute atomic E-state index is 13.6. The largest absolute Gasteiger partial charge is 0.573 e. The topological polar surface area (TPSA) is 74.0 Å². The van der Waals surface area contributed by atoms with Crippen LogP contribution in [0.5, 0.6) is 17.2 Å². The monoisotopic (exact) mass is 550 g/mol. The highest BCUT2D eigenvalue weighted by atomic mass is 19.4. The minimum Gasteiger partial charge on any atom is -0.490 e. The van der Waals surface area contributed by atoms with E-state index in [9.17, 15) is 26.7 Å². The third kappa shape index (κ3) is 7.60. The van der Waals surface area contributed by atoms with E-state index in [2.05, 4.69) is 4.74 Å². The summed E-state index contributed by atoms with van der Waals surface area (Å²) in [6.07, 6.45) is -3.29. The number of hydrogen-bond donors (Lipinski definition) is 1. The molecule has 0 saturated heterocycles. The van der Waals surface area contributed by atoms with Crippen molar-refractivity contribution in [2.75, 3.05) is 31.2 Å². The molecule has 0 aromatic heterocycles. The van der Waals surface area contributed by atoms with Crippen molar-refractivity contribution < 1.29 is 41.0 Å². The number of carbonyl (C=O) groups is 1. The van der Waals surface area contributed by atoms with E-state index in [0.29, 0.717) is 42.8 Å². The number of alkyl halides is 3. The van der Waals surface area contributed by atoms with Gasteiger partial charge in [0.1, 0.15) is 30.5 Å². The number of benzene rings is 3. The van der Waals surface area contributed by atoms with Crippen LogP contribution >= 0.6 is 0 Å². The first kappa shape index (κ1) is 28.2. The van der Waals surface area contributed by atoms with Gasteiger partial charge in [0.25, 0.3) is 0 Å². The molecular formula is C28H27F5N2O4. The molecule has 6 nitrogen and oxygen atoms in total. The number of hydrogen-bond acceptors (Lipinski definition) is 5. The van der Waals surface area contributed by atoms with Crippen molar-refractivity contribution in [3.05, 3.63) is 83.4 Å². The van der Waals surface area contributed by atoms with Crippen molar-refractivity contribution in [3.63, 3.8) is 0 Å². The lowest BCUT2D eigenvalue weighted by Crippen LogP contribution is -2.42. The average Bonchev–Trinajstić information content (AvgIpc) is 2.89. The van der Waals surface area contributed by atoms with Gasteiger partial charge in [-0.05, 0) is 72.9 Å². The second-order valence-corrected chi connectivity index (χ2v) is 8.98. The summed E-state index contributed by atoms with van der Waals surface area (Å²) < 4.78 is 79.2. The standard InChI is InChI=1S/C28H27F5N2O4/c29-21-5-10-26(24(30)16-21)38-13-12-37-22-6-3-18(4-7-22)14-20(17-34)27(36)35-11-1-2-19-15-23(8-9-25(19)35)39-28(31,32)33/h3-10,15-16,20H,1-2,11-14,17,34H2. The SMILES string of the molecule is NCC(Cc1ccc(OCCOc2ccc(F)cc2F)cc1)C(=O)N1CCCc2cc(OC(F)(F)F)ccc21. The van der Waals surface area contributed by atoms with Crippen LogP contribution in [-0.4, -0.2) is 38.6 Å². The first-order valence-corrected chi connectivity index (χ1v) is 12.3. The molecule has 1 heterocycles. The highest BCUT2D eigenvalue weighted by Crippen LogP contribution is 2.34. The second kappa shape index (κ2) is 12.3. The molecule has 0 saturated carbocycles. The molecule has 0 spiro atoms. The highest BCUT2D eigenvalue weighted by Gasteiger charge is 2.33. The van der Waals surface area contributed by atoms with Crippen LogP contribution in [0.2, 0.25) is 0 Å². The summed E-state index contributed by atoms with van der Waals surface area (Å²) in [6, 6.07) is 14.1. The Kier molecular flexibility index (Phi) is 8.90. The summed E-state index contributed by atoms with van der Waals surface area (Å²) in [4.78, 5) is 14.9. The van der Waals surface area contributed by atoms with E-state index in [4.69, 9.17) is 15.2 Å². The van der Waals surface area contributed by atoms with Gasteiger partial charge >= 0.3 is 6.36 Å². The van der Waals surface area contributed by atoms with Crippen molar-refractivity contribution in [1.82, 2.24) is 0 Å². The molecular weight excluding hydrogens is 523 g/mol. The van der Waals surface area contributed by atoms with Crippen LogP contribution < -0.4 is 24.8 Å². The van der Waals surface area contributed by atoms with Crippen LogP contribution in [0.3, 0.4) is 0 Å². The molecule has 3 aromatic carbocycles. The molecule has 0 bridgehead atoms. The van der Waals surface area contributed by atoms with E-state index in [-0.39, 0.29) is 37.2 Å². The summed E-state index contributed by atoms with van der Waals surface area (Å²) in [5, 5.41) is 0. The first-order chi connectivity index (χ1) is 18.6. The molecule has 0 fully saturated rings. The van der Waals surface area contributed by atoms with Gasteiger partial charge in [0, 0.05) is 24.8 Å². The third-order valence-corrected chi connectivity index (χ3v) is 6.21. The summed E-state index contributed by atoms with van der Waals surface area (Å²) in [6.45, 7) is 0.716. The molecule has 208 valence electrons. The number of aryl methyl sites for hydroxylation is 1. The van der Waals surface area contributed by atoms with Crippen LogP contribution in [-0.2, 0) is 17.6 Å². The van der Waals surface area contributed by atoms with E-state index >= 15 is 0 Å². The number of ether oxygens (including phenoxy) is 3. The van der Waals surface area contributed by atoms with Crippen molar-refractivity contribution in [2.24, 2.45) is 11.7 Å². The zero-order chi connectivity index (χ0) is 28.0. The smallest absolute Gasteiger partial charge is 0.490 e. The van der Waals surface area contributed by atoms with Gasteiger partial charge in [-0.15, -0.1) is 13.2 Å². The molecule has 1 aliphatic heterocycles. The predicted octanol–water partition coefficient (Wildman–Crippen LogP) is 5.42. The lowest BCUT2D eigenvalue weighted by atomic mass is 9.95. The Bertz CT molecular complexity index is 1280. The number of amides is 1. The zero-order valence-electron chi connectivity index (χ0n) is 20.8. The maximum atomic E-state index is 13.6. The minimum atomic E-state index is -4.79. The molecule has 4 rings (SSSR count). The summed E-state index contributed by atoms with van der Waals surface area (Å²) >= 11 is 0. The van der Waals surface area contributed by atoms with Gasteiger partial charge in [-0.2, -0.15) is 0 Å². The molecule has 1 aliphatic rings. The minimum absolute atomic E-state index is 0.0508. The zero-order valence-corrected chi connectivity index (χ0v) is 20.8. The number of nitrogens with two attached hydrogens (primary N) is 1. The van der Waals surface area contributed by atoms with Crippen LogP contribution in [0.25, 0.3) is 0 Å². The van der Waals surface area contributed by atoms with Gasteiger partial charge in [-0.25, -0.2) is 8.78 Å². The van der Waals surface area contributed by atoms with Crippen LogP contribution in [0.1, 0.15) is 17.5 Å². The number of nitrogens with zero attached hydrogens (tertiary/aromatic N) is 1. The quantitative estimate of drug-likeness (QED) is 0.270. The van der Waals surface area contributed by atoms with Crippen molar-refractivity contribution in [3.8, 4) is 17.2 Å². The highest BCUT2D eigenvalue weighted by molar-refractivity contribution is 5.96. The Balaban J connectivity index is 1.32. The van der Waals surface area contributed by atoms with E-state index in [0.717, 1.165) is 17.7 Å². The van der Waals surface area contributed by atoms with E-state index in [1.165, 1.54) is 24.3 Å². The Morgan fingerprint density at radius 3 is 2.36 bits per heavy atom. The third-order valence-electron chi connectivity index (χ3n) is 6.21. The molecule has 1 amide bonds. The fourth-order valence-electron chi connectivity index (χ4n) is 4.40. The Hall–Kier alpha value is -3.86. The van der Waals surface area contributed by atoms with Crippen molar-refractivity contribution in [2.45, 2.75) is 25.6 Å². The average molecular weight is 551 g/mol. The van der Waals surface area contributed by atoms with Crippen molar-refractivity contribution in [1.29, 1.82) is 0 Å². The Labute approximate surface area is 222 Å². The fourth-order valence-corrected chi connectivity index (χ4v) is 4.40. The first-order valence-electron chi connectivity index (χ1n) is 12.3. The second-order valence-electron chi connectivity index (χ2n) is 8.98. The normalized spacial score (nSPS) is 13.9. The van der Waals surface area contributed by atoms with E-state index < -0.39 is 23.9 Å². The number of anilines is 1. The molecule has 1 unspecified atom stereocenters. The fraction of sp³-hybridized carbons (Fsp3) is 0.321. The van der Waals surface area contributed by atoms with Gasteiger partial charge in [0.05, 0.1) is 5.92 Å². The van der Waals surface area contributed by atoms with Crippen LogP contribution in [0, 0.1) is 17.6 Å². The van der Waals surface area contributed by atoms with Gasteiger partial charge < -0.3 is 24.8 Å². The maximum Gasteiger partial charge on any atom is 0.573 e. The molecule has 0 aliphatic carbocycles. The Morgan fingerprint density at radius 1 is 0.949 bits per heavy atom. The van der Waals surface area contributed by atoms with E-state index in [1.807, 2.05) is 0 Å².